The fraction of sp³-hybridized carbons (Fsp3) is 0.105. The van der Waals surface area contributed by atoms with Crippen molar-refractivity contribution < 1.29 is 9.59 Å². The number of carbonyl (C=O) groups excluding carboxylic acids is 2. The van der Waals surface area contributed by atoms with Gasteiger partial charge in [-0.15, -0.1) is 10.2 Å². The van der Waals surface area contributed by atoms with E-state index in [9.17, 15) is 9.59 Å². The Bertz CT molecular complexity index is 969. The molecule has 2 aromatic carbocycles. The van der Waals surface area contributed by atoms with E-state index in [-0.39, 0.29) is 18.2 Å². The van der Waals surface area contributed by atoms with Crippen molar-refractivity contribution >= 4 is 34.5 Å². The van der Waals surface area contributed by atoms with E-state index in [0.29, 0.717) is 15.7 Å². The molecule has 0 unspecified atom stereocenters. The predicted octanol–water partition coefficient (Wildman–Crippen LogP) is 2.79. The number of hydrogen-bond acceptors (Lipinski definition) is 6. The summed E-state index contributed by atoms with van der Waals surface area (Å²) in [7, 11) is 0. The van der Waals surface area contributed by atoms with Crippen LogP contribution in [0.25, 0.3) is 0 Å². The molecule has 3 aromatic rings. The Kier molecular flexibility index (Phi) is 6.01. The first-order chi connectivity index (χ1) is 13.1. The number of benzene rings is 2. The van der Waals surface area contributed by atoms with E-state index in [0.717, 1.165) is 22.5 Å². The van der Waals surface area contributed by atoms with E-state index in [1.165, 1.54) is 0 Å². The van der Waals surface area contributed by atoms with Crippen LogP contribution in [0.5, 0.6) is 0 Å². The third-order valence-electron chi connectivity index (χ3n) is 3.48. The first-order valence-electron chi connectivity index (χ1n) is 8.17. The molecule has 0 spiro atoms. The highest BCUT2D eigenvalue weighted by molar-refractivity contribution is 7.15. The molecular weight excluding hydrogens is 362 g/mol. The lowest BCUT2D eigenvalue weighted by Gasteiger charge is -1.99. The van der Waals surface area contributed by atoms with E-state index in [2.05, 4.69) is 26.0 Å². The Morgan fingerprint density at radius 1 is 1.11 bits per heavy atom. The van der Waals surface area contributed by atoms with Gasteiger partial charge in [0, 0.05) is 5.56 Å². The molecular formula is C19H17N5O2S. The van der Waals surface area contributed by atoms with Gasteiger partial charge in [0.25, 0.3) is 5.91 Å². The first-order valence-corrected chi connectivity index (χ1v) is 8.99. The topological polar surface area (TPSA) is 96.3 Å². The highest BCUT2D eigenvalue weighted by atomic mass is 32.1. The molecule has 0 aliphatic carbocycles. The monoisotopic (exact) mass is 379 g/mol. The first kappa shape index (κ1) is 18.4. The molecule has 136 valence electrons. The van der Waals surface area contributed by atoms with E-state index >= 15 is 0 Å². The number of amides is 2. The highest BCUT2D eigenvalue weighted by Gasteiger charge is 2.12. The molecule has 2 N–H and O–H groups in total. The van der Waals surface area contributed by atoms with E-state index in [4.69, 9.17) is 0 Å². The summed E-state index contributed by atoms with van der Waals surface area (Å²) < 4.78 is 0. The molecule has 0 fully saturated rings. The van der Waals surface area contributed by atoms with Crippen molar-refractivity contribution in [1.29, 1.82) is 0 Å². The van der Waals surface area contributed by atoms with Gasteiger partial charge in [0.1, 0.15) is 5.01 Å². The molecule has 27 heavy (non-hydrogen) atoms. The fourth-order valence-corrected chi connectivity index (χ4v) is 2.97. The van der Waals surface area contributed by atoms with Crippen LogP contribution in [0.4, 0.5) is 5.13 Å². The van der Waals surface area contributed by atoms with Crippen molar-refractivity contribution in [2.24, 2.45) is 5.10 Å². The summed E-state index contributed by atoms with van der Waals surface area (Å²) in [5.41, 5.74) is 5.00. The quantitative estimate of drug-likeness (QED) is 0.508. The van der Waals surface area contributed by atoms with Crippen LogP contribution < -0.4 is 10.7 Å². The summed E-state index contributed by atoms with van der Waals surface area (Å²) in [6, 6.07) is 16.6. The van der Waals surface area contributed by atoms with Crippen molar-refractivity contribution in [2.45, 2.75) is 13.3 Å². The summed E-state index contributed by atoms with van der Waals surface area (Å²) in [4.78, 5) is 24.0. The lowest BCUT2D eigenvalue weighted by Crippen LogP contribution is -2.19. The molecule has 0 aliphatic rings. The second kappa shape index (κ2) is 8.81. The zero-order chi connectivity index (χ0) is 19.1. The lowest BCUT2D eigenvalue weighted by molar-refractivity contribution is -0.120. The molecule has 3 rings (SSSR count). The lowest BCUT2D eigenvalue weighted by atomic mass is 10.2. The van der Waals surface area contributed by atoms with Crippen LogP contribution in [0.15, 0.2) is 59.7 Å². The molecule has 0 aliphatic heterocycles. The van der Waals surface area contributed by atoms with Gasteiger partial charge in [0.15, 0.2) is 0 Å². The third kappa shape index (κ3) is 5.55. The van der Waals surface area contributed by atoms with Crippen molar-refractivity contribution in [3.05, 3.63) is 76.3 Å². The van der Waals surface area contributed by atoms with Gasteiger partial charge in [-0.1, -0.05) is 59.4 Å². The predicted molar refractivity (Wildman–Crippen MR) is 105 cm³/mol. The zero-order valence-electron chi connectivity index (χ0n) is 14.5. The number of anilines is 1. The average Bonchev–Trinajstić information content (AvgIpc) is 3.09. The normalized spacial score (nSPS) is 10.7. The molecule has 0 saturated heterocycles. The fourth-order valence-electron chi connectivity index (χ4n) is 2.24. The summed E-state index contributed by atoms with van der Waals surface area (Å²) in [5.74, 6) is -0.582. The van der Waals surface area contributed by atoms with Gasteiger partial charge in [-0.2, -0.15) is 5.10 Å². The van der Waals surface area contributed by atoms with Gasteiger partial charge in [-0.05, 0) is 24.6 Å². The van der Waals surface area contributed by atoms with Gasteiger partial charge in [-0.3, -0.25) is 14.9 Å². The number of hydrogen-bond donors (Lipinski definition) is 2. The minimum absolute atomic E-state index is 0.0318. The number of aromatic nitrogens is 2. The standard InChI is InChI=1S/C19H17N5O2S/c1-13-6-5-7-14(10-13)12-20-22-16(25)11-17-23-24-19(27-17)21-18(26)15-8-3-2-4-9-15/h2-10,12H,11H2,1H3,(H,22,25)(H,21,24,26). The second-order valence-electron chi connectivity index (χ2n) is 5.71. The molecule has 0 radical (unpaired) electrons. The Labute approximate surface area is 160 Å². The molecule has 0 bridgehead atoms. The SMILES string of the molecule is Cc1cccc(C=NNC(=O)Cc2nnc(NC(=O)c3ccccc3)s2)c1. The number of nitrogens with zero attached hydrogens (tertiary/aromatic N) is 3. The summed E-state index contributed by atoms with van der Waals surface area (Å²) in [6.45, 7) is 1.99. The summed E-state index contributed by atoms with van der Waals surface area (Å²) >= 11 is 1.15. The Balaban J connectivity index is 1.51. The van der Waals surface area contributed by atoms with E-state index < -0.39 is 0 Å². The van der Waals surface area contributed by atoms with Gasteiger partial charge in [0.2, 0.25) is 11.0 Å². The molecule has 2 amide bonds. The zero-order valence-corrected chi connectivity index (χ0v) is 15.4. The number of aryl methyl sites for hydroxylation is 1. The van der Waals surface area contributed by atoms with E-state index in [1.54, 1.807) is 30.5 Å². The van der Waals surface area contributed by atoms with Crippen molar-refractivity contribution in [3.8, 4) is 0 Å². The van der Waals surface area contributed by atoms with Crippen molar-refractivity contribution in [2.75, 3.05) is 5.32 Å². The van der Waals surface area contributed by atoms with Crippen LogP contribution in [0, 0.1) is 6.92 Å². The maximum absolute atomic E-state index is 12.1. The summed E-state index contributed by atoms with van der Waals surface area (Å²) in [5, 5.41) is 15.2. The Morgan fingerprint density at radius 2 is 1.93 bits per heavy atom. The van der Waals surface area contributed by atoms with Crippen LogP contribution in [0.3, 0.4) is 0 Å². The molecule has 0 atom stereocenters. The molecule has 1 heterocycles. The van der Waals surface area contributed by atoms with Gasteiger partial charge in [0.05, 0.1) is 12.6 Å². The number of rotatable bonds is 6. The van der Waals surface area contributed by atoms with Crippen LogP contribution in [0.1, 0.15) is 26.5 Å². The smallest absolute Gasteiger partial charge is 0.257 e. The van der Waals surface area contributed by atoms with E-state index in [1.807, 2.05) is 37.3 Å². The third-order valence-corrected chi connectivity index (χ3v) is 4.32. The molecule has 0 saturated carbocycles. The summed E-state index contributed by atoms with van der Waals surface area (Å²) in [6.07, 6.45) is 1.61. The van der Waals surface area contributed by atoms with Gasteiger partial charge >= 0.3 is 0 Å². The minimum atomic E-state index is -0.309. The average molecular weight is 379 g/mol. The van der Waals surface area contributed by atoms with Crippen LogP contribution in [-0.2, 0) is 11.2 Å². The maximum Gasteiger partial charge on any atom is 0.257 e. The van der Waals surface area contributed by atoms with Crippen LogP contribution in [-0.4, -0.2) is 28.2 Å². The highest BCUT2D eigenvalue weighted by Crippen LogP contribution is 2.16. The van der Waals surface area contributed by atoms with Gasteiger partial charge in [-0.25, -0.2) is 5.43 Å². The van der Waals surface area contributed by atoms with Crippen molar-refractivity contribution in [1.82, 2.24) is 15.6 Å². The van der Waals surface area contributed by atoms with Gasteiger partial charge < -0.3 is 0 Å². The van der Waals surface area contributed by atoms with Crippen LogP contribution >= 0.6 is 11.3 Å². The second-order valence-corrected chi connectivity index (χ2v) is 6.77. The van der Waals surface area contributed by atoms with Crippen molar-refractivity contribution in [3.63, 3.8) is 0 Å². The number of hydrazone groups is 1. The molecule has 7 nitrogen and oxygen atoms in total. The maximum atomic E-state index is 12.1. The Morgan fingerprint density at radius 3 is 2.70 bits per heavy atom. The molecule has 1 aromatic heterocycles. The Hall–Kier alpha value is -3.39. The van der Waals surface area contributed by atoms with Crippen LogP contribution in [0.2, 0.25) is 0 Å². The largest absolute Gasteiger partial charge is 0.296 e. The number of carbonyl (C=O) groups is 2. The number of nitrogens with one attached hydrogen (secondary N) is 2. The molecule has 8 heteroatoms. The minimum Gasteiger partial charge on any atom is -0.296 e.